The summed E-state index contributed by atoms with van der Waals surface area (Å²) < 4.78 is 4.77. The van der Waals surface area contributed by atoms with Gasteiger partial charge in [0.25, 0.3) is 0 Å². The number of allylic oxidation sites excluding steroid dienone is 1. The summed E-state index contributed by atoms with van der Waals surface area (Å²) in [6.45, 7) is 18.7. The van der Waals surface area contributed by atoms with Gasteiger partial charge in [0.15, 0.2) is 0 Å². The Hall–Kier alpha value is -0.757. The molecule has 2 aromatic rings. The number of nitrogens with zero attached hydrogens (tertiary/aromatic N) is 2. The summed E-state index contributed by atoms with van der Waals surface area (Å²) in [6.07, 6.45) is 20.5. The van der Waals surface area contributed by atoms with Gasteiger partial charge < -0.3 is 9.80 Å². The second-order valence-electron chi connectivity index (χ2n) is 15.2. The second kappa shape index (κ2) is 18.8. The van der Waals surface area contributed by atoms with Crippen molar-refractivity contribution in [3.63, 3.8) is 0 Å². The topological polar surface area (TPSA) is 15.7 Å². The number of hydrogen-bond donors (Lipinski definition) is 0. The summed E-state index contributed by atoms with van der Waals surface area (Å²) in [6, 6.07) is 9.69. The van der Waals surface area contributed by atoms with E-state index in [-0.39, 0.29) is 7.92 Å². The van der Waals surface area contributed by atoms with E-state index in [9.17, 15) is 0 Å². The zero-order valence-electron chi connectivity index (χ0n) is 31.5. The first-order valence-corrected chi connectivity index (χ1v) is 26.3. The van der Waals surface area contributed by atoms with Crippen molar-refractivity contribution in [3.05, 3.63) is 69.0 Å². The van der Waals surface area contributed by atoms with E-state index in [0.717, 1.165) is 30.1 Å². The smallest absolute Gasteiger partial charge is 0.113 e. The van der Waals surface area contributed by atoms with Crippen molar-refractivity contribution < 1.29 is 18.3 Å². The molecule has 0 bridgehead atoms. The molecule has 1 atom stereocenters. The third-order valence-electron chi connectivity index (χ3n) is 11.4. The van der Waals surface area contributed by atoms with Gasteiger partial charge in [-0.05, 0) is 126 Å². The van der Waals surface area contributed by atoms with E-state index >= 15 is 0 Å². The average molecular weight is 815 g/mol. The molecule has 6 rings (SSSR count). The predicted molar refractivity (Wildman–Crippen MR) is 215 cm³/mol. The maximum absolute atomic E-state index is 5.38. The van der Waals surface area contributed by atoms with Gasteiger partial charge in [0, 0.05) is 30.1 Å². The van der Waals surface area contributed by atoms with Crippen LogP contribution >= 0.6 is 27.3 Å². The molecule has 0 amide bonds. The number of ether oxygens (including phenoxy) is 1. The van der Waals surface area contributed by atoms with E-state index in [0.29, 0.717) is 6.61 Å². The zero-order valence-corrected chi connectivity index (χ0v) is 35.6. The summed E-state index contributed by atoms with van der Waals surface area (Å²) in [5.74, 6) is 1.60. The zero-order chi connectivity index (χ0) is 35.1. The summed E-state index contributed by atoms with van der Waals surface area (Å²) in [5.41, 5.74) is 16.2. The SMILES string of the molecule is CCO[CH]=[Ru]([Cl])[Cl].Cc1cc(C)c(N2CCN(c3c(C)cc(C)cc3C)C2=C2CCCCC2P(C2CCCCC2)C2CCCCC2)c(C)c1. The first kappa shape index (κ1) is 39.5. The molecule has 4 aliphatic rings. The van der Waals surface area contributed by atoms with Crippen LogP contribution in [0.4, 0.5) is 11.4 Å². The van der Waals surface area contributed by atoms with Crippen LogP contribution in [0, 0.1) is 41.5 Å². The molecule has 7 heteroatoms. The van der Waals surface area contributed by atoms with Crippen LogP contribution in [-0.2, 0) is 18.3 Å². The number of rotatable bonds is 7. The molecule has 0 aromatic heterocycles. The monoisotopic (exact) mass is 814 g/mol. The maximum Gasteiger partial charge on any atom is 0.113 e. The molecule has 274 valence electrons. The number of halogens is 2. The van der Waals surface area contributed by atoms with Crippen molar-refractivity contribution in [2.75, 3.05) is 29.5 Å². The summed E-state index contributed by atoms with van der Waals surface area (Å²) in [4.78, 5) is 7.14. The molecule has 3 nitrogen and oxygen atoms in total. The molecule has 0 spiro atoms. The Morgan fingerprint density at radius 3 is 1.49 bits per heavy atom. The molecule has 4 fully saturated rings. The molecule has 0 N–H and O–H groups in total. The van der Waals surface area contributed by atoms with Crippen molar-refractivity contribution in [2.45, 2.75) is 155 Å². The fourth-order valence-corrected chi connectivity index (χ4v) is 15.4. The van der Waals surface area contributed by atoms with Crippen molar-refractivity contribution in [1.29, 1.82) is 0 Å². The van der Waals surface area contributed by atoms with Crippen LogP contribution in [0.1, 0.15) is 130 Å². The number of anilines is 2. The Morgan fingerprint density at radius 1 is 0.673 bits per heavy atom. The minimum atomic E-state index is -1.63. The third kappa shape index (κ3) is 9.82. The molecule has 3 saturated carbocycles. The summed E-state index contributed by atoms with van der Waals surface area (Å²) in [5, 5.41) is 0. The standard InChI is InChI=1S/C39H57N2P.C3H6O.2ClH.Ru/c1-27-23-29(3)37(30(4)24-27)40-21-22-41(38-31(5)25-28(2)26-32(38)6)39(40)35-19-13-14-20-36(35)42(33-15-9-7-10-16-33)34-17-11-8-12-18-34;1-3-4-2;;;/h23-26,33-34,36H,7-22H2,1-6H3;2H,3H2,1H3;2*1H;/q;;;;+2/p-2. The van der Waals surface area contributed by atoms with Crippen LogP contribution in [0.5, 0.6) is 0 Å². The van der Waals surface area contributed by atoms with Gasteiger partial charge in [0.1, 0.15) is 5.82 Å². The molecule has 1 aliphatic heterocycles. The molecular weight excluding hydrogens is 751 g/mol. The van der Waals surface area contributed by atoms with Gasteiger partial charge >= 0.3 is 56.0 Å². The molecule has 0 radical (unpaired) electrons. The van der Waals surface area contributed by atoms with Crippen LogP contribution in [-0.4, -0.2) is 41.5 Å². The fourth-order valence-electron chi connectivity index (χ4n) is 9.79. The van der Waals surface area contributed by atoms with Crippen molar-refractivity contribution in [2.24, 2.45) is 0 Å². The minimum absolute atomic E-state index is 0.00137. The summed E-state index contributed by atoms with van der Waals surface area (Å²) in [7, 11) is 10.8. The van der Waals surface area contributed by atoms with Crippen LogP contribution in [0.2, 0.25) is 0 Å². The molecule has 1 unspecified atom stereocenters. The first-order chi connectivity index (χ1) is 23.6. The molecule has 2 aromatic carbocycles. The largest absolute Gasteiger partial charge is 0.325 e. The van der Waals surface area contributed by atoms with Gasteiger partial charge in [-0.15, -0.1) is 0 Å². The van der Waals surface area contributed by atoms with Crippen molar-refractivity contribution in [3.8, 4) is 0 Å². The first-order valence-electron chi connectivity index (χ1n) is 19.2. The average Bonchev–Trinajstić information content (AvgIpc) is 3.48. The number of hydrogen-bond acceptors (Lipinski definition) is 3. The van der Waals surface area contributed by atoms with Crippen LogP contribution < -0.4 is 9.80 Å². The summed E-state index contributed by atoms with van der Waals surface area (Å²) >= 11 is -1.63. The van der Waals surface area contributed by atoms with Gasteiger partial charge in [-0.1, -0.05) is 88.3 Å². The maximum atomic E-state index is 5.38. The van der Waals surface area contributed by atoms with Crippen molar-refractivity contribution >= 4 is 43.5 Å². The number of benzene rings is 2. The van der Waals surface area contributed by atoms with Crippen molar-refractivity contribution in [1.82, 2.24) is 0 Å². The molecule has 1 heterocycles. The van der Waals surface area contributed by atoms with E-state index in [1.165, 1.54) is 139 Å². The Labute approximate surface area is 313 Å². The van der Waals surface area contributed by atoms with Gasteiger partial charge in [0.05, 0.1) is 0 Å². The van der Waals surface area contributed by atoms with E-state index in [4.69, 9.17) is 24.1 Å². The van der Waals surface area contributed by atoms with Crippen LogP contribution in [0.25, 0.3) is 0 Å². The molecule has 3 aliphatic carbocycles. The molecule has 49 heavy (non-hydrogen) atoms. The normalized spacial score (nSPS) is 21.3. The molecule has 1 saturated heterocycles. The minimum Gasteiger partial charge on any atom is -0.325 e. The number of aryl methyl sites for hydroxylation is 6. The molecular formula is C42H63Cl2N2OPRu. The quantitative estimate of drug-likeness (QED) is 0.205. The third-order valence-corrected chi connectivity index (χ3v) is 16.7. The Balaban J connectivity index is 0.000000606. The Morgan fingerprint density at radius 2 is 1.10 bits per heavy atom. The van der Waals surface area contributed by atoms with Crippen LogP contribution in [0.15, 0.2) is 35.7 Å². The Kier molecular flexibility index (Phi) is 15.2. The van der Waals surface area contributed by atoms with Gasteiger partial charge in [-0.2, -0.15) is 0 Å². The van der Waals surface area contributed by atoms with E-state index in [2.05, 4.69) is 75.6 Å². The van der Waals surface area contributed by atoms with E-state index in [1.807, 2.05) is 12.5 Å². The predicted octanol–water partition coefficient (Wildman–Crippen LogP) is 12.9. The Bertz CT molecular complexity index is 1340. The van der Waals surface area contributed by atoms with Gasteiger partial charge in [-0.25, -0.2) is 0 Å². The van der Waals surface area contributed by atoms with Gasteiger partial charge in [0.2, 0.25) is 0 Å². The van der Waals surface area contributed by atoms with E-state index < -0.39 is 13.5 Å². The van der Waals surface area contributed by atoms with Crippen LogP contribution in [0.3, 0.4) is 0 Å². The second-order valence-corrected chi connectivity index (χ2v) is 23.8. The van der Waals surface area contributed by atoms with E-state index in [1.54, 1.807) is 5.82 Å². The van der Waals surface area contributed by atoms with Gasteiger partial charge in [-0.3, -0.25) is 0 Å². The fraction of sp³-hybridized carbons (Fsp3) is 0.643.